The summed E-state index contributed by atoms with van der Waals surface area (Å²) in [7, 11) is 0. The molecule has 0 bridgehead atoms. The highest BCUT2D eigenvalue weighted by atomic mass is 35.5. The third kappa shape index (κ3) is 4.08. The van der Waals surface area contributed by atoms with Crippen molar-refractivity contribution in [3.8, 4) is 0 Å². The molecule has 1 aromatic heterocycles. The van der Waals surface area contributed by atoms with E-state index in [4.69, 9.17) is 22.1 Å². The molecule has 1 aliphatic rings. The van der Waals surface area contributed by atoms with Gasteiger partial charge in [-0.25, -0.2) is 4.98 Å². The van der Waals surface area contributed by atoms with Crippen molar-refractivity contribution in [1.82, 2.24) is 4.98 Å². The lowest BCUT2D eigenvalue weighted by atomic mass is 9.86. The maximum Gasteiger partial charge on any atom is 0.334 e. The molecular formula is C16H25ClN4O3. The first-order valence-corrected chi connectivity index (χ1v) is 8.73. The zero-order valence-corrected chi connectivity index (χ0v) is 15.0. The number of halogens is 1. The number of ether oxygens (including phenoxy) is 1. The summed E-state index contributed by atoms with van der Waals surface area (Å²) in [5, 5.41) is 11.6. The van der Waals surface area contributed by atoms with E-state index in [0.29, 0.717) is 32.0 Å². The summed E-state index contributed by atoms with van der Waals surface area (Å²) >= 11 is 6.00. The summed E-state index contributed by atoms with van der Waals surface area (Å²) in [6.07, 6.45) is 4.44. The molecule has 7 nitrogen and oxygen atoms in total. The molecule has 0 spiro atoms. The van der Waals surface area contributed by atoms with E-state index in [9.17, 15) is 10.1 Å². The van der Waals surface area contributed by atoms with Crippen LogP contribution in [0.4, 0.5) is 17.2 Å². The van der Waals surface area contributed by atoms with Crippen LogP contribution < -0.4 is 10.6 Å². The number of pyridine rings is 1. The molecule has 24 heavy (non-hydrogen) atoms. The van der Waals surface area contributed by atoms with Crippen molar-refractivity contribution in [3.05, 3.63) is 21.3 Å². The lowest BCUT2D eigenvalue weighted by Gasteiger charge is -2.35. The van der Waals surface area contributed by atoms with Crippen molar-refractivity contribution < 1.29 is 9.66 Å². The zero-order chi connectivity index (χ0) is 17.7. The van der Waals surface area contributed by atoms with Crippen molar-refractivity contribution in [1.29, 1.82) is 0 Å². The molecule has 8 heteroatoms. The predicted molar refractivity (Wildman–Crippen MR) is 95.6 cm³/mol. The first kappa shape index (κ1) is 18.7. The molecule has 1 fully saturated rings. The molecule has 2 rings (SSSR count). The molecule has 1 heterocycles. The molecular weight excluding hydrogens is 332 g/mol. The van der Waals surface area contributed by atoms with Gasteiger partial charge in [-0.2, -0.15) is 0 Å². The van der Waals surface area contributed by atoms with Crippen LogP contribution in [0.3, 0.4) is 0 Å². The number of nitrogen functional groups attached to an aromatic ring is 1. The zero-order valence-electron chi connectivity index (χ0n) is 14.3. The summed E-state index contributed by atoms with van der Waals surface area (Å²) in [5.41, 5.74) is 6.02. The van der Waals surface area contributed by atoms with E-state index in [1.165, 1.54) is 6.07 Å². The Bertz CT molecular complexity index is 591. The fraction of sp³-hybridized carbons (Fsp3) is 0.688. The maximum atomic E-state index is 11.5. The first-order chi connectivity index (χ1) is 11.4. The highest BCUT2D eigenvalue weighted by Gasteiger charge is 2.37. The molecule has 2 N–H and O–H groups in total. The van der Waals surface area contributed by atoms with Crippen LogP contribution in [-0.4, -0.2) is 36.2 Å². The second-order valence-electron chi connectivity index (χ2n) is 6.31. The minimum Gasteiger partial charge on any atom is -0.381 e. The lowest BCUT2D eigenvalue weighted by Crippen LogP contribution is -2.39. The van der Waals surface area contributed by atoms with Gasteiger partial charge < -0.3 is 15.4 Å². The lowest BCUT2D eigenvalue weighted by molar-refractivity contribution is -0.383. The molecule has 0 atom stereocenters. The van der Waals surface area contributed by atoms with Crippen molar-refractivity contribution in [2.45, 2.75) is 39.5 Å². The Hall–Kier alpha value is -1.60. The average Bonchev–Trinajstić information content (AvgIpc) is 2.98. The quantitative estimate of drug-likeness (QED) is 0.434. The second kappa shape index (κ2) is 7.98. The molecule has 0 radical (unpaired) electrons. The number of hydrogen-bond acceptors (Lipinski definition) is 6. The number of hydrogen-bond donors (Lipinski definition) is 1. The highest BCUT2D eigenvalue weighted by Crippen LogP contribution is 2.42. The van der Waals surface area contributed by atoms with E-state index in [2.05, 4.69) is 4.98 Å². The first-order valence-electron chi connectivity index (χ1n) is 8.35. The Morgan fingerprint density at radius 2 is 2.12 bits per heavy atom. The second-order valence-corrected chi connectivity index (χ2v) is 6.70. The standard InChI is InChI=1S/C16H25ClN4O3/c1-3-20(10-16(11-24-4-2)7-5-6-8-16)12-9-13(17)19-15(18)14(12)21(22)23/h9H,3-8,10-11H2,1-2H3,(H2,18,19). The SMILES string of the molecule is CCOCC1(CN(CC)c2cc(Cl)nc(N)c2[N+](=O)[O-])CCCC1. The molecule has 0 aromatic carbocycles. The Kier molecular flexibility index (Phi) is 6.23. The summed E-state index contributed by atoms with van der Waals surface area (Å²) in [5.74, 6) is -0.147. The van der Waals surface area contributed by atoms with Crippen LogP contribution in [0.15, 0.2) is 6.07 Å². The van der Waals surface area contributed by atoms with Crippen LogP contribution in [0.1, 0.15) is 39.5 Å². The Labute approximate surface area is 147 Å². The Balaban J connectivity index is 2.35. The average molecular weight is 357 g/mol. The number of anilines is 2. The Morgan fingerprint density at radius 3 is 2.67 bits per heavy atom. The number of aromatic nitrogens is 1. The van der Waals surface area contributed by atoms with Crippen molar-refractivity contribution in [2.75, 3.05) is 36.9 Å². The Morgan fingerprint density at radius 1 is 1.46 bits per heavy atom. The largest absolute Gasteiger partial charge is 0.381 e. The van der Waals surface area contributed by atoms with E-state index in [0.717, 1.165) is 25.7 Å². The molecule has 0 unspecified atom stereocenters. The van der Waals surface area contributed by atoms with E-state index in [-0.39, 0.29) is 22.1 Å². The predicted octanol–water partition coefficient (Wildman–Crippen LogP) is 3.65. The van der Waals surface area contributed by atoms with Crippen LogP contribution in [0.2, 0.25) is 5.15 Å². The fourth-order valence-corrected chi connectivity index (χ4v) is 3.70. The van der Waals surface area contributed by atoms with E-state index >= 15 is 0 Å². The van der Waals surface area contributed by atoms with Gasteiger partial charge in [-0.05, 0) is 26.7 Å². The topological polar surface area (TPSA) is 94.5 Å². The normalized spacial score (nSPS) is 16.3. The molecule has 0 amide bonds. The van der Waals surface area contributed by atoms with Crippen LogP contribution in [0.5, 0.6) is 0 Å². The minimum absolute atomic E-state index is 0.0183. The highest BCUT2D eigenvalue weighted by molar-refractivity contribution is 6.30. The van der Waals surface area contributed by atoms with Gasteiger partial charge in [0.1, 0.15) is 10.8 Å². The number of nitrogens with zero attached hydrogens (tertiary/aromatic N) is 3. The van der Waals surface area contributed by atoms with E-state index < -0.39 is 4.92 Å². The van der Waals surface area contributed by atoms with Gasteiger partial charge in [0.25, 0.3) is 0 Å². The van der Waals surface area contributed by atoms with Crippen LogP contribution in [0, 0.1) is 15.5 Å². The van der Waals surface area contributed by atoms with Crippen molar-refractivity contribution in [3.63, 3.8) is 0 Å². The maximum absolute atomic E-state index is 11.5. The number of nitro groups is 1. The van der Waals surface area contributed by atoms with E-state index in [1.807, 2.05) is 18.7 Å². The van der Waals surface area contributed by atoms with Gasteiger partial charge in [0, 0.05) is 31.2 Å². The minimum atomic E-state index is -0.486. The number of rotatable bonds is 8. The molecule has 1 aromatic rings. The van der Waals surface area contributed by atoms with Gasteiger partial charge in [0.05, 0.1) is 11.5 Å². The molecule has 0 aliphatic heterocycles. The van der Waals surface area contributed by atoms with Crippen LogP contribution in [0.25, 0.3) is 0 Å². The smallest absolute Gasteiger partial charge is 0.334 e. The summed E-state index contributed by atoms with van der Waals surface area (Å²) in [4.78, 5) is 16.8. The summed E-state index contributed by atoms with van der Waals surface area (Å²) in [6.45, 7) is 6.59. The molecule has 1 saturated carbocycles. The van der Waals surface area contributed by atoms with Crippen molar-refractivity contribution >= 4 is 28.8 Å². The molecule has 1 aliphatic carbocycles. The summed E-state index contributed by atoms with van der Waals surface area (Å²) in [6, 6.07) is 1.53. The fourth-order valence-electron chi connectivity index (χ4n) is 3.50. The van der Waals surface area contributed by atoms with Crippen LogP contribution in [-0.2, 0) is 4.74 Å². The van der Waals surface area contributed by atoms with Gasteiger partial charge in [0.15, 0.2) is 0 Å². The molecule has 134 valence electrons. The van der Waals surface area contributed by atoms with E-state index in [1.54, 1.807) is 0 Å². The van der Waals surface area contributed by atoms with Crippen LogP contribution >= 0.6 is 11.6 Å². The van der Waals surface area contributed by atoms with Gasteiger partial charge in [0.2, 0.25) is 5.82 Å². The summed E-state index contributed by atoms with van der Waals surface area (Å²) < 4.78 is 5.70. The van der Waals surface area contributed by atoms with Crippen molar-refractivity contribution in [2.24, 2.45) is 5.41 Å². The third-order valence-electron chi connectivity index (χ3n) is 4.68. The van der Waals surface area contributed by atoms with Gasteiger partial charge in [-0.15, -0.1) is 0 Å². The van der Waals surface area contributed by atoms with Gasteiger partial charge in [-0.3, -0.25) is 10.1 Å². The van der Waals surface area contributed by atoms with Gasteiger partial charge in [-0.1, -0.05) is 24.4 Å². The van der Waals surface area contributed by atoms with Gasteiger partial charge >= 0.3 is 5.69 Å². The number of nitrogens with two attached hydrogens (primary N) is 1. The third-order valence-corrected chi connectivity index (χ3v) is 4.87. The monoisotopic (exact) mass is 356 g/mol. The molecule has 0 saturated heterocycles.